The molecule has 3 rings (SSSR count). The molecule has 1 aromatic carbocycles. The fraction of sp³-hybridized carbons (Fsp3) is 0.0667. The zero-order chi connectivity index (χ0) is 13.1. The number of pyridine rings is 2. The van der Waals surface area contributed by atoms with E-state index in [1.807, 2.05) is 24.3 Å². The molecule has 1 unspecified atom stereocenters. The van der Waals surface area contributed by atoms with E-state index in [1.54, 1.807) is 18.6 Å². The average molecular weight is 250 g/mol. The molecule has 0 radical (unpaired) electrons. The SMILES string of the molecule is NNC(c1ccncc1)c1ccc2cccnc2c1. The number of hydrogen-bond acceptors (Lipinski definition) is 4. The Morgan fingerprint density at radius 3 is 2.58 bits per heavy atom. The highest BCUT2D eigenvalue weighted by Crippen LogP contribution is 2.23. The van der Waals surface area contributed by atoms with E-state index in [1.165, 1.54) is 0 Å². The molecule has 0 bridgehead atoms. The van der Waals surface area contributed by atoms with Gasteiger partial charge in [0.2, 0.25) is 0 Å². The predicted molar refractivity (Wildman–Crippen MR) is 75.1 cm³/mol. The summed E-state index contributed by atoms with van der Waals surface area (Å²) in [5.74, 6) is 5.69. The quantitative estimate of drug-likeness (QED) is 0.552. The highest BCUT2D eigenvalue weighted by Gasteiger charge is 2.12. The van der Waals surface area contributed by atoms with Crippen LogP contribution in [0.1, 0.15) is 17.2 Å². The van der Waals surface area contributed by atoms with Crippen molar-refractivity contribution < 1.29 is 0 Å². The van der Waals surface area contributed by atoms with Gasteiger partial charge in [-0.2, -0.15) is 0 Å². The maximum atomic E-state index is 5.69. The van der Waals surface area contributed by atoms with Crippen molar-refractivity contribution in [2.75, 3.05) is 0 Å². The number of nitrogens with zero attached hydrogens (tertiary/aromatic N) is 2. The van der Waals surface area contributed by atoms with Crippen molar-refractivity contribution in [3.63, 3.8) is 0 Å². The van der Waals surface area contributed by atoms with E-state index in [4.69, 9.17) is 5.84 Å². The van der Waals surface area contributed by atoms with Gasteiger partial charge in [0.25, 0.3) is 0 Å². The van der Waals surface area contributed by atoms with Crippen molar-refractivity contribution in [3.05, 3.63) is 72.2 Å². The molecule has 0 saturated heterocycles. The average Bonchev–Trinajstić information content (AvgIpc) is 2.49. The van der Waals surface area contributed by atoms with Gasteiger partial charge in [-0.3, -0.25) is 15.8 Å². The lowest BCUT2D eigenvalue weighted by Gasteiger charge is -2.17. The van der Waals surface area contributed by atoms with Gasteiger partial charge in [-0.25, -0.2) is 5.43 Å². The molecule has 0 spiro atoms. The third-order valence-electron chi connectivity index (χ3n) is 3.17. The van der Waals surface area contributed by atoms with Gasteiger partial charge >= 0.3 is 0 Å². The van der Waals surface area contributed by atoms with E-state index in [0.717, 1.165) is 22.0 Å². The van der Waals surface area contributed by atoms with E-state index < -0.39 is 0 Å². The van der Waals surface area contributed by atoms with Crippen LogP contribution in [0, 0.1) is 0 Å². The second kappa shape index (κ2) is 5.14. The molecule has 2 aromatic heterocycles. The van der Waals surface area contributed by atoms with Gasteiger partial charge < -0.3 is 0 Å². The summed E-state index contributed by atoms with van der Waals surface area (Å²) in [5, 5.41) is 1.12. The molecule has 19 heavy (non-hydrogen) atoms. The Morgan fingerprint density at radius 1 is 0.947 bits per heavy atom. The number of nitrogens with two attached hydrogens (primary N) is 1. The standard InChI is InChI=1S/C15H14N4/c16-19-15(12-5-8-17-9-6-12)13-4-3-11-2-1-7-18-14(11)10-13/h1-10,15,19H,16H2. The van der Waals surface area contributed by atoms with Crippen molar-refractivity contribution in [1.82, 2.24) is 15.4 Å². The lowest BCUT2D eigenvalue weighted by atomic mass is 9.99. The first-order valence-corrected chi connectivity index (χ1v) is 6.09. The van der Waals surface area contributed by atoms with Crippen LogP contribution in [-0.4, -0.2) is 9.97 Å². The second-order valence-electron chi connectivity index (χ2n) is 4.34. The molecule has 94 valence electrons. The fourth-order valence-electron chi connectivity index (χ4n) is 2.20. The Kier molecular flexibility index (Phi) is 3.18. The molecular formula is C15H14N4. The van der Waals surface area contributed by atoms with E-state index >= 15 is 0 Å². The van der Waals surface area contributed by atoms with Crippen LogP contribution in [0.15, 0.2) is 61.1 Å². The molecule has 3 N–H and O–H groups in total. The van der Waals surface area contributed by atoms with Gasteiger partial charge in [-0.05, 0) is 35.4 Å². The molecule has 1 atom stereocenters. The van der Waals surface area contributed by atoms with Gasteiger partial charge in [-0.1, -0.05) is 18.2 Å². The Labute approximate surface area is 111 Å². The number of benzene rings is 1. The zero-order valence-electron chi connectivity index (χ0n) is 10.3. The fourth-order valence-corrected chi connectivity index (χ4v) is 2.20. The Morgan fingerprint density at radius 2 is 1.79 bits per heavy atom. The summed E-state index contributed by atoms with van der Waals surface area (Å²) in [6, 6.07) is 14.0. The molecule has 4 heteroatoms. The number of rotatable bonds is 3. The van der Waals surface area contributed by atoms with Crippen LogP contribution in [-0.2, 0) is 0 Å². The van der Waals surface area contributed by atoms with Crippen LogP contribution in [0.3, 0.4) is 0 Å². The highest BCUT2D eigenvalue weighted by molar-refractivity contribution is 5.79. The minimum absolute atomic E-state index is 0.0607. The minimum atomic E-state index is -0.0607. The Hall–Kier alpha value is -2.30. The first-order chi connectivity index (χ1) is 9.38. The van der Waals surface area contributed by atoms with Crippen molar-refractivity contribution in [3.8, 4) is 0 Å². The van der Waals surface area contributed by atoms with Crippen LogP contribution in [0.5, 0.6) is 0 Å². The normalized spacial score (nSPS) is 12.5. The maximum Gasteiger partial charge on any atom is 0.0711 e. The monoisotopic (exact) mass is 250 g/mol. The Bertz CT molecular complexity index is 682. The van der Waals surface area contributed by atoms with Crippen LogP contribution in [0.4, 0.5) is 0 Å². The lowest BCUT2D eigenvalue weighted by Crippen LogP contribution is -2.28. The zero-order valence-corrected chi connectivity index (χ0v) is 10.3. The van der Waals surface area contributed by atoms with Crippen LogP contribution < -0.4 is 11.3 Å². The van der Waals surface area contributed by atoms with Gasteiger partial charge in [-0.15, -0.1) is 0 Å². The minimum Gasteiger partial charge on any atom is -0.271 e. The van der Waals surface area contributed by atoms with Gasteiger partial charge in [0.15, 0.2) is 0 Å². The van der Waals surface area contributed by atoms with Crippen LogP contribution in [0.2, 0.25) is 0 Å². The summed E-state index contributed by atoms with van der Waals surface area (Å²) in [4.78, 5) is 8.40. The summed E-state index contributed by atoms with van der Waals surface area (Å²) in [6.45, 7) is 0. The Balaban J connectivity index is 2.06. The smallest absolute Gasteiger partial charge is 0.0711 e. The molecule has 3 aromatic rings. The third kappa shape index (κ3) is 2.31. The molecule has 0 fully saturated rings. The molecule has 2 heterocycles. The number of nitrogens with one attached hydrogen (secondary N) is 1. The summed E-state index contributed by atoms with van der Waals surface area (Å²) >= 11 is 0. The molecule has 0 saturated carbocycles. The van der Waals surface area contributed by atoms with Gasteiger partial charge in [0.1, 0.15) is 0 Å². The first kappa shape index (κ1) is 11.8. The number of fused-ring (bicyclic) bond motifs is 1. The predicted octanol–water partition coefficient (Wildman–Crippen LogP) is 2.18. The second-order valence-corrected chi connectivity index (χ2v) is 4.34. The highest BCUT2D eigenvalue weighted by atomic mass is 15.2. The topological polar surface area (TPSA) is 63.8 Å². The largest absolute Gasteiger partial charge is 0.271 e. The van der Waals surface area contributed by atoms with Crippen LogP contribution >= 0.6 is 0 Å². The molecule has 0 amide bonds. The summed E-state index contributed by atoms with van der Waals surface area (Å²) in [5.41, 5.74) is 5.97. The molecule has 4 nitrogen and oxygen atoms in total. The number of aromatic nitrogens is 2. The van der Waals surface area contributed by atoms with Gasteiger partial charge in [0.05, 0.1) is 11.6 Å². The van der Waals surface area contributed by atoms with E-state index in [2.05, 4.69) is 33.6 Å². The maximum absolute atomic E-state index is 5.69. The van der Waals surface area contributed by atoms with Crippen molar-refractivity contribution in [1.29, 1.82) is 0 Å². The molecule has 0 aliphatic heterocycles. The molecule has 0 aliphatic carbocycles. The van der Waals surface area contributed by atoms with Crippen molar-refractivity contribution in [2.24, 2.45) is 5.84 Å². The van der Waals surface area contributed by atoms with E-state index in [-0.39, 0.29) is 6.04 Å². The molecule has 0 aliphatic rings. The van der Waals surface area contributed by atoms with Crippen molar-refractivity contribution in [2.45, 2.75) is 6.04 Å². The molecular weight excluding hydrogens is 236 g/mol. The van der Waals surface area contributed by atoms with Gasteiger partial charge in [0, 0.05) is 24.0 Å². The lowest BCUT2D eigenvalue weighted by molar-refractivity contribution is 0.636. The number of hydrazine groups is 1. The van der Waals surface area contributed by atoms with Crippen molar-refractivity contribution >= 4 is 10.9 Å². The first-order valence-electron chi connectivity index (χ1n) is 6.09. The third-order valence-corrected chi connectivity index (χ3v) is 3.17. The summed E-state index contributed by atoms with van der Waals surface area (Å²) < 4.78 is 0. The summed E-state index contributed by atoms with van der Waals surface area (Å²) in [7, 11) is 0. The summed E-state index contributed by atoms with van der Waals surface area (Å²) in [6.07, 6.45) is 5.32. The van der Waals surface area contributed by atoms with E-state index in [0.29, 0.717) is 0 Å². The van der Waals surface area contributed by atoms with E-state index in [9.17, 15) is 0 Å². The number of hydrogen-bond donors (Lipinski definition) is 2. The van der Waals surface area contributed by atoms with Crippen LogP contribution in [0.25, 0.3) is 10.9 Å².